The number of allylic oxidation sites excluding steroid dienone is 1. The third kappa shape index (κ3) is 5.11. The van der Waals surface area contributed by atoms with Crippen molar-refractivity contribution in [3.05, 3.63) is 107 Å². The number of urea groups is 1. The van der Waals surface area contributed by atoms with Crippen molar-refractivity contribution >= 4 is 11.6 Å². The molecule has 0 spiro atoms. The molecule has 188 valence electrons. The first-order valence-corrected chi connectivity index (χ1v) is 12.4. The Morgan fingerprint density at radius 2 is 1.73 bits per heavy atom. The molecule has 2 heterocycles. The fourth-order valence-corrected chi connectivity index (χ4v) is 4.53. The number of ether oxygens (including phenoxy) is 1. The van der Waals surface area contributed by atoms with E-state index in [1.807, 2.05) is 100 Å². The molecule has 1 aliphatic rings. The summed E-state index contributed by atoms with van der Waals surface area (Å²) in [6, 6.07) is 23.3. The van der Waals surface area contributed by atoms with Crippen molar-refractivity contribution in [3.8, 4) is 17.1 Å². The van der Waals surface area contributed by atoms with Gasteiger partial charge in [0.25, 0.3) is 5.89 Å². The Labute approximate surface area is 216 Å². The van der Waals surface area contributed by atoms with Crippen molar-refractivity contribution in [2.75, 3.05) is 6.61 Å². The van der Waals surface area contributed by atoms with E-state index < -0.39 is 6.04 Å². The Morgan fingerprint density at radius 1 is 0.973 bits per heavy atom. The van der Waals surface area contributed by atoms with Gasteiger partial charge >= 0.3 is 6.03 Å². The Bertz CT molecular complexity index is 1440. The first-order chi connectivity index (χ1) is 17.9. The molecule has 1 atom stereocenters. The zero-order valence-electron chi connectivity index (χ0n) is 21.5. The summed E-state index contributed by atoms with van der Waals surface area (Å²) in [4.78, 5) is 19.8. The van der Waals surface area contributed by atoms with E-state index >= 15 is 0 Å². The van der Waals surface area contributed by atoms with Crippen LogP contribution in [-0.2, 0) is 6.54 Å². The van der Waals surface area contributed by atoms with Gasteiger partial charge in [-0.1, -0.05) is 70.9 Å². The molecule has 0 saturated carbocycles. The van der Waals surface area contributed by atoms with Crippen molar-refractivity contribution < 1.29 is 14.1 Å². The maximum Gasteiger partial charge on any atom is 0.322 e. The highest BCUT2D eigenvalue weighted by Crippen LogP contribution is 2.38. The summed E-state index contributed by atoms with van der Waals surface area (Å²) < 4.78 is 11.4. The van der Waals surface area contributed by atoms with Gasteiger partial charge in [-0.25, -0.2) is 4.79 Å². The normalized spacial score (nSPS) is 15.6. The Hall–Kier alpha value is -4.39. The van der Waals surface area contributed by atoms with E-state index in [4.69, 9.17) is 14.2 Å². The zero-order valence-corrected chi connectivity index (χ0v) is 21.5. The van der Waals surface area contributed by atoms with E-state index in [1.165, 1.54) is 0 Å². The Morgan fingerprint density at radius 3 is 2.43 bits per heavy atom. The molecule has 5 rings (SSSR count). The van der Waals surface area contributed by atoms with Crippen LogP contribution in [0.1, 0.15) is 48.0 Å². The second-order valence-corrected chi connectivity index (χ2v) is 9.25. The van der Waals surface area contributed by atoms with Crippen molar-refractivity contribution in [2.24, 2.45) is 0 Å². The molecule has 1 unspecified atom stereocenters. The molecule has 0 radical (unpaired) electrons. The summed E-state index contributed by atoms with van der Waals surface area (Å²) >= 11 is 0. The summed E-state index contributed by atoms with van der Waals surface area (Å²) in [5.74, 6) is 1.70. The topological polar surface area (TPSA) is 80.5 Å². The molecule has 37 heavy (non-hydrogen) atoms. The van der Waals surface area contributed by atoms with E-state index in [0.29, 0.717) is 24.9 Å². The van der Waals surface area contributed by atoms with Gasteiger partial charge in [-0.3, -0.25) is 4.90 Å². The first-order valence-electron chi connectivity index (χ1n) is 12.4. The summed E-state index contributed by atoms with van der Waals surface area (Å²) in [5, 5.41) is 7.44. The van der Waals surface area contributed by atoms with Gasteiger partial charge in [0.2, 0.25) is 5.82 Å². The van der Waals surface area contributed by atoms with E-state index in [1.54, 1.807) is 4.90 Å². The van der Waals surface area contributed by atoms with Crippen LogP contribution < -0.4 is 10.1 Å². The number of aromatic nitrogens is 2. The average molecular weight is 495 g/mol. The number of amides is 2. The molecule has 7 nitrogen and oxygen atoms in total. The number of hydrogen-bond acceptors (Lipinski definition) is 5. The third-order valence-electron chi connectivity index (χ3n) is 6.51. The molecule has 4 aromatic rings. The number of nitrogens with zero attached hydrogens (tertiary/aromatic N) is 3. The van der Waals surface area contributed by atoms with E-state index in [2.05, 4.69) is 10.5 Å². The van der Waals surface area contributed by atoms with Crippen LogP contribution in [0.2, 0.25) is 0 Å². The van der Waals surface area contributed by atoms with Crippen LogP contribution in [0.4, 0.5) is 4.79 Å². The van der Waals surface area contributed by atoms with Crippen molar-refractivity contribution in [1.29, 1.82) is 0 Å². The fraction of sp³-hybridized carbons (Fsp3) is 0.233. The lowest BCUT2D eigenvalue weighted by Gasteiger charge is -2.35. The standard InChI is InChI=1S/C30H30N4O3/c1-5-36-25-15-11-22(12-16-25)18-34-21(4)26(27(31-30(34)35)23-13-9-19(2)10-14-23)29-32-28(33-37-29)24-8-6-7-20(3)17-24/h6-17,27H,5,18H2,1-4H3,(H,31,35). The van der Waals surface area contributed by atoms with Crippen LogP contribution in [0.5, 0.6) is 5.75 Å². The van der Waals surface area contributed by atoms with Gasteiger partial charge in [0.15, 0.2) is 0 Å². The number of carbonyl (C=O) groups is 1. The van der Waals surface area contributed by atoms with E-state index in [-0.39, 0.29) is 6.03 Å². The van der Waals surface area contributed by atoms with Crippen LogP contribution in [-0.4, -0.2) is 27.7 Å². The minimum atomic E-state index is -0.421. The second kappa shape index (κ2) is 10.3. The number of benzene rings is 3. The van der Waals surface area contributed by atoms with E-state index in [9.17, 15) is 4.79 Å². The van der Waals surface area contributed by atoms with Crippen LogP contribution in [0, 0.1) is 13.8 Å². The largest absolute Gasteiger partial charge is 0.494 e. The summed E-state index contributed by atoms with van der Waals surface area (Å²) in [7, 11) is 0. The van der Waals surface area contributed by atoms with Crippen LogP contribution in [0.15, 0.2) is 83.0 Å². The number of carbonyl (C=O) groups excluding carboxylic acids is 1. The van der Waals surface area contributed by atoms with Gasteiger partial charge in [-0.2, -0.15) is 4.98 Å². The molecule has 1 N–H and O–H groups in total. The minimum absolute atomic E-state index is 0.181. The molecular formula is C30H30N4O3. The summed E-state index contributed by atoms with van der Waals surface area (Å²) in [6.45, 7) is 8.95. The molecule has 0 saturated heterocycles. The highest BCUT2D eigenvalue weighted by atomic mass is 16.5. The van der Waals surface area contributed by atoms with Gasteiger partial charge < -0.3 is 14.6 Å². The van der Waals surface area contributed by atoms with Crippen LogP contribution in [0.25, 0.3) is 17.0 Å². The molecular weight excluding hydrogens is 464 g/mol. The van der Waals surface area contributed by atoms with Crippen molar-refractivity contribution in [1.82, 2.24) is 20.4 Å². The monoisotopic (exact) mass is 494 g/mol. The van der Waals surface area contributed by atoms with E-state index in [0.717, 1.165) is 44.8 Å². The van der Waals surface area contributed by atoms with Crippen molar-refractivity contribution in [3.63, 3.8) is 0 Å². The maximum absolute atomic E-state index is 13.4. The molecule has 7 heteroatoms. The van der Waals surface area contributed by atoms with Gasteiger partial charge in [0.1, 0.15) is 5.75 Å². The quantitative estimate of drug-likeness (QED) is 0.319. The third-order valence-corrected chi connectivity index (χ3v) is 6.51. The molecule has 3 aromatic carbocycles. The van der Waals surface area contributed by atoms with Gasteiger partial charge in [0.05, 0.1) is 24.8 Å². The lowest BCUT2D eigenvalue weighted by molar-refractivity contribution is 0.203. The summed E-state index contributed by atoms with van der Waals surface area (Å²) in [5.41, 5.74) is 6.61. The smallest absolute Gasteiger partial charge is 0.322 e. The molecule has 0 aliphatic carbocycles. The van der Waals surface area contributed by atoms with Crippen molar-refractivity contribution in [2.45, 2.75) is 40.3 Å². The SMILES string of the molecule is CCOc1ccc(CN2C(=O)NC(c3ccc(C)cc3)C(c3nc(-c4cccc(C)c4)no3)=C2C)cc1. The van der Waals surface area contributed by atoms with Crippen LogP contribution in [0.3, 0.4) is 0 Å². The number of aryl methyl sites for hydroxylation is 2. The highest BCUT2D eigenvalue weighted by molar-refractivity contribution is 5.87. The van der Waals surface area contributed by atoms with Gasteiger partial charge in [0, 0.05) is 11.3 Å². The molecule has 2 amide bonds. The Balaban J connectivity index is 1.55. The number of rotatable bonds is 7. The maximum atomic E-state index is 13.4. The molecule has 1 aliphatic heterocycles. The summed E-state index contributed by atoms with van der Waals surface area (Å²) in [6.07, 6.45) is 0. The lowest BCUT2D eigenvalue weighted by atomic mass is 9.94. The Kier molecular flexibility index (Phi) is 6.77. The first kappa shape index (κ1) is 24.3. The zero-order chi connectivity index (χ0) is 25.9. The predicted octanol–water partition coefficient (Wildman–Crippen LogP) is 6.45. The van der Waals surface area contributed by atoms with Crippen LogP contribution >= 0.6 is 0 Å². The minimum Gasteiger partial charge on any atom is -0.494 e. The predicted molar refractivity (Wildman–Crippen MR) is 143 cm³/mol. The second-order valence-electron chi connectivity index (χ2n) is 9.25. The molecule has 0 fully saturated rings. The number of hydrogen-bond donors (Lipinski definition) is 1. The average Bonchev–Trinajstić information content (AvgIpc) is 3.38. The fourth-order valence-electron chi connectivity index (χ4n) is 4.53. The lowest BCUT2D eigenvalue weighted by Crippen LogP contribution is -2.45. The molecule has 1 aromatic heterocycles. The van der Waals surface area contributed by atoms with Gasteiger partial charge in [-0.05, 0) is 57.0 Å². The van der Waals surface area contributed by atoms with Gasteiger partial charge in [-0.15, -0.1) is 0 Å². The number of nitrogens with one attached hydrogen (secondary N) is 1. The molecule has 0 bridgehead atoms. The highest BCUT2D eigenvalue weighted by Gasteiger charge is 2.35.